The van der Waals surface area contributed by atoms with Crippen molar-refractivity contribution in [2.24, 2.45) is 45.8 Å². The first-order valence-corrected chi connectivity index (χ1v) is 17.2. The quantitative estimate of drug-likeness (QED) is 0.208. The van der Waals surface area contributed by atoms with Crippen molar-refractivity contribution in [3.05, 3.63) is 29.4 Å². The summed E-state index contributed by atoms with van der Waals surface area (Å²) in [6.45, 7) is 15.6. The molecule has 1 aromatic rings. The second-order valence-electron chi connectivity index (χ2n) is 15.9. The minimum atomic E-state index is -0.528. The number of esters is 1. The van der Waals surface area contributed by atoms with Crippen molar-refractivity contribution >= 4 is 11.9 Å². The lowest BCUT2D eigenvalue weighted by molar-refractivity contribution is -0.234. The number of fused-ring (bicyclic) bond motifs is 5. The average Bonchev–Trinajstić information content (AvgIpc) is 3.55. The molecule has 0 spiro atoms. The highest BCUT2D eigenvalue weighted by molar-refractivity contribution is 5.94. The molecule has 8 nitrogen and oxygen atoms in total. The van der Waals surface area contributed by atoms with Crippen LogP contribution < -0.4 is 5.32 Å². The third-order valence-corrected chi connectivity index (χ3v) is 13.1. The molecule has 1 aromatic heterocycles. The van der Waals surface area contributed by atoms with Gasteiger partial charge in [0.25, 0.3) is 0 Å². The van der Waals surface area contributed by atoms with Crippen molar-refractivity contribution in [2.45, 2.75) is 131 Å². The number of aliphatic hydroxyl groups excluding tert-OH is 2. The molecular formula is C36H57N3O5. The SMILES string of the molecule is CC(=O)O[C@H]1C[C@@]2(C)[C@@H](CC(O)C3[C@]2(C)CC[C@H]2[C@H](C)[C@H](O)CC[C@]32C)/C1=C(/CCCC(C)C)C(=O)NCCc1cnc[nH]1. The third-order valence-electron chi connectivity index (χ3n) is 13.1. The van der Waals surface area contributed by atoms with Crippen molar-refractivity contribution in [3.63, 3.8) is 0 Å². The summed E-state index contributed by atoms with van der Waals surface area (Å²) >= 11 is 0. The van der Waals surface area contributed by atoms with E-state index in [2.05, 4.69) is 56.8 Å². The molecule has 1 heterocycles. The Kier molecular flexibility index (Phi) is 9.46. The molecule has 4 aliphatic carbocycles. The number of hydrogen-bond acceptors (Lipinski definition) is 6. The minimum absolute atomic E-state index is 0.0535. The number of aliphatic hydroxyl groups is 2. The molecule has 246 valence electrons. The zero-order valence-electron chi connectivity index (χ0n) is 28.1. The van der Waals surface area contributed by atoms with Crippen LogP contribution in [0.2, 0.25) is 0 Å². The van der Waals surface area contributed by atoms with E-state index in [0.29, 0.717) is 44.1 Å². The Bertz CT molecular complexity index is 1230. The van der Waals surface area contributed by atoms with E-state index in [1.54, 1.807) is 12.5 Å². The highest BCUT2D eigenvalue weighted by Crippen LogP contribution is 2.74. The molecule has 1 amide bonds. The molecule has 4 fully saturated rings. The summed E-state index contributed by atoms with van der Waals surface area (Å²) in [6, 6.07) is 0. The number of carbonyl (C=O) groups is 2. The Morgan fingerprint density at radius 3 is 2.55 bits per heavy atom. The minimum Gasteiger partial charge on any atom is -0.458 e. The van der Waals surface area contributed by atoms with Crippen molar-refractivity contribution in [2.75, 3.05) is 6.54 Å². The first kappa shape index (κ1) is 33.2. The van der Waals surface area contributed by atoms with Crippen molar-refractivity contribution in [3.8, 4) is 0 Å². The van der Waals surface area contributed by atoms with Crippen LogP contribution in [-0.4, -0.2) is 56.9 Å². The molecule has 4 N–H and O–H groups in total. The summed E-state index contributed by atoms with van der Waals surface area (Å²) < 4.78 is 6.12. The third kappa shape index (κ3) is 5.67. The van der Waals surface area contributed by atoms with Gasteiger partial charge in [-0.2, -0.15) is 0 Å². The molecule has 10 atom stereocenters. The summed E-state index contributed by atoms with van der Waals surface area (Å²) in [5.74, 6) is 0.707. The predicted molar refractivity (Wildman–Crippen MR) is 170 cm³/mol. The monoisotopic (exact) mass is 611 g/mol. The largest absolute Gasteiger partial charge is 0.458 e. The Labute approximate surface area is 264 Å². The van der Waals surface area contributed by atoms with Gasteiger partial charge in [0.2, 0.25) is 5.91 Å². The van der Waals surface area contributed by atoms with Crippen LogP contribution in [-0.2, 0) is 20.7 Å². The van der Waals surface area contributed by atoms with E-state index in [4.69, 9.17) is 4.74 Å². The molecule has 0 bridgehead atoms. The van der Waals surface area contributed by atoms with E-state index >= 15 is 0 Å². The van der Waals surface area contributed by atoms with Crippen molar-refractivity contribution in [1.82, 2.24) is 15.3 Å². The van der Waals surface area contributed by atoms with Gasteiger partial charge in [-0.05, 0) is 103 Å². The maximum Gasteiger partial charge on any atom is 0.303 e. The van der Waals surface area contributed by atoms with Crippen molar-refractivity contribution in [1.29, 1.82) is 0 Å². The topological polar surface area (TPSA) is 125 Å². The van der Waals surface area contributed by atoms with Gasteiger partial charge in [-0.15, -0.1) is 0 Å². The van der Waals surface area contributed by atoms with Gasteiger partial charge in [-0.25, -0.2) is 4.98 Å². The lowest BCUT2D eigenvalue weighted by atomic mass is 9.36. The first-order chi connectivity index (χ1) is 20.7. The molecule has 4 saturated carbocycles. The Morgan fingerprint density at radius 1 is 1.14 bits per heavy atom. The predicted octanol–water partition coefficient (Wildman–Crippen LogP) is 5.74. The van der Waals surface area contributed by atoms with Crippen LogP contribution in [0, 0.1) is 45.8 Å². The molecule has 0 aliphatic heterocycles. The molecular weight excluding hydrogens is 554 g/mol. The number of rotatable bonds is 9. The number of ether oxygens (including phenoxy) is 1. The zero-order valence-corrected chi connectivity index (χ0v) is 28.1. The number of nitrogens with one attached hydrogen (secondary N) is 2. The number of carbonyl (C=O) groups excluding carboxylic acids is 2. The fourth-order valence-corrected chi connectivity index (χ4v) is 10.8. The Balaban J connectivity index is 1.54. The number of hydrogen-bond donors (Lipinski definition) is 4. The van der Waals surface area contributed by atoms with Crippen LogP contribution in [0.25, 0.3) is 0 Å². The molecule has 0 saturated heterocycles. The maximum atomic E-state index is 14.1. The zero-order chi connectivity index (χ0) is 32.0. The Morgan fingerprint density at radius 2 is 1.89 bits per heavy atom. The normalized spacial score (nSPS) is 41.0. The van der Waals surface area contributed by atoms with Crippen LogP contribution >= 0.6 is 0 Å². The smallest absolute Gasteiger partial charge is 0.303 e. The number of imidazole rings is 1. The lowest BCUT2D eigenvalue weighted by Crippen LogP contribution is -2.65. The maximum absolute atomic E-state index is 14.1. The highest BCUT2D eigenvalue weighted by Gasteiger charge is 2.70. The van der Waals surface area contributed by atoms with Gasteiger partial charge >= 0.3 is 5.97 Å². The number of H-pyrrole nitrogens is 1. The fraction of sp³-hybridized carbons (Fsp3) is 0.806. The average molecular weight is 612 g/mol. The molecule has 44 heavy (non-hydrogen) atoms. The first-order valence-electron chi connectivity index (χ1n) is 17.2. The summed E-state index contributed by atoms with van der Waals surface area (Å²) in [5, 5.41) is 26.1. The van der Waals surface area contributed by atoms with E-state index in [0.717, 1.165) is 55.4 Å². The second kappa shape index (κ2) is 12.5. The van der Waals surface area contributed by atoms with Gasteiger partial charge in [-0.3, -0.25) is 9.59 Å². The highest BCUT2D eigenvalue weighted by atomic mass is 16.5. The van der Waals surface area contributed by atoms with Gasteiger partial charge < -0.3 is 25.3 Å². The summed E-state index contributed by atoms with van der Waals surface area (Å²) in [5.41, 5.74) is 2.13. The molecule has 5 rings (SSSR count). The van der Waals surface area contributed by atoms with E-state index < -0.39 is 12.2 Å². The summed E-state index contributed by atoms with van der Waals surface area (Å²) in [6.07, 6.45) is 10.2. The van der Waals surface area contributed by atoms with Crippen LogP contribution in [0.5, 0.6) is 0 Å². The van der Waals surface area contributed by atoms with Gasteiger partial charge in [0.1, 0.15) is 6.10 Å². The number of aromatic amines is 1. The van der Waals surface area contributed by atoms with Crippen LogP contribution in [0.3, 0.4) is 0 Å². The van der Waals surface area contributed by atoms with Gasteiger partial charge in [0.05, 0.1) is 18.5 Å². The summed E-state index contributed by atoms with van der Waals surface area (Å²) in [4.78, 5) is 33.8. The molecule has 0 radical (unpaired) electrons. The van der Waals surface area contributed by atoms with Crippen LogP contribution in [0.4, 0.5) is 0 Å². The van der Waals surface area contributed by atoms with Gasteiger partial charge in [-0.1, -0.05) is 48.0 Å². The standard InChI is InChI=1S/C36H57N3O5/c1-21(2)9-8-10-25(33(43)38-16-13-24-19-37-20-39-24)31-27-17-29(42)32-34(5)14-12-28(41)22(3)26(34)11-15-35(32,6)36(27,7)18-30(31)44-23(4)40/h19-22,26-30,32,41-42H,8-18H2,1-7H3,(H,37,39)(H,38,43)/b31-25+/t22-,26-,27-,28+,29?,30-,32?,34-,35-,36-/m0/s1. The van der Waals surface area contributed by atoms with E-state index in [1.165, 1.54) is 6.92 Å². The van der Waals surface area contributed by atoms with Crippen LogP contribution in [0.15, 0.2) is 23.7 Å². The number of nitrogens with zero attached hydrogens (tertiary/aromatic N) is 1. The van der Waals surface area contributed by atoms with Crippen molar-refractivity contribution < 1.29 is 24.5 Å². The van der Waals surface area contributed by atoms with E-state index in [1.807, 2.05) is 0 Å². The molecule has 2 unspecified atom stereocenters. The second-order valence-corrected chi connectivity index (χ2v) is 15.9. The number of amides is 1. The lowest BCUT2D eigenvalue weighted by Gasteiger charge is -2.69. The Hall–Kier alpha value is -2.19. The molecule has 0 aromatic carbocycles. The fourth-order valence-electron chi connectivity index (χ4n) is 10.8. The molecule has 4 aliphatic rings. The van der Waals surface area contributed by atoms with E-state index in [-0.39, 0.29) is 52.0 Å². The van der Waals surface area contributed by atoms with E-state index in [9.17, 15) is 19.8 Å². The van der Waals surface area contributed by atoms with Gasteiger partial charge in [0.15, 0.2) is 0 Å². The van der Waals surface area contributed by atoms with Crippen LogP contribution in [0.1, 0.15) is 112 Å². The number of aromatic nitrogens is 2. The molecule has 8 heteroatoms. The van der Waals surface area contributed by atoms with Gasteiger partial charge in [0, 0.05) is 37.4 Å². The summed E-state index contributed by atoms with van der Waals surface area (Å²) in [7, 11) is 0.